The van der Waals surface area contributed by atoms with Crippen molar-refractivity contribution >= 4 is 28.9 Å². The number of carbonyl (C=O) groups excluding carboxylic acids is 1. The highest BCUT2D eigenvalue weighted by Crippen LogP contribution is 2.20. The van der Waals surface area contributed by atoms with Crippen molar-refractivity contribution in [1.29, 1.82) is 5.26 Å². The molecule has 22 heavy (non-hydrogen) atoms. The highest BCUT2D eigenvalue weighted by atomic mass is 35.5. The van der Waals surface area contributed by atoms with E-state index >= 15 is 0 Å². The minimum atomic E-state index is -0.544. The number of rotatable bonds is 4. The second-order valence-corrected chi connectivity index (χ2v) is 5.08. The van der Waals surface area contributed by atoms with Crippen molar-refractivity contribution in [3.8, 4) is 6.07 Å². The van der Waals surface area contributed by atoms with Crippen LogP contribution in [-0.4, -0.2) is 11.9 Å². The number of nitrogens with zero attached hydrogens (tertiary/aromatic N) is 1. The predicted molar refractivity (Wildman–Crippen MR) is 84.3 cm³/mol. The van der Waals surface area contributed by atoms with Gasteiger partial charge >= 0.3 is 0 Å². The van der Waals surface area contributed by atoms with E-state index in [0.717, 1.165) is 0 Å². The van der Waals surface area contributed by atoms with Crippen LogP contribution in [0.15, 0.2) is 42.5 Å². The quantitative estimate of drug-likeness (QED) is 0.901. The number of hydrogen-bond acceptors (Lipinski definition) is 3. The minimum absolute atomic E-state index is 0.00954. The van der Waals surface area contributed by atoms with E-state index in [1.165, 1.54) is 18.2 Å². The van der Waals surface area contributed by atoms with E-state index in [4.69, 9.17) is 16.9 Å². The van der Waals surface area contributed by atoms with Gasteiger partial charge in [-0.05, 0) is 49.4 Å². The summed E-state index contributed by atoms with van der Waals surface area (Å²) in [6.45, 7) is 1.68. The van der Waals surface area contributed by atoms with Gasteiger partial charge < -0.3 is 10.6 Å². The number of halogens is 2. The Balaban J connectivity index is 1.99. The number of amides is 1. The number of nitriles is 1. The first-order valence-corrected chi connectivity index (χ1v) is 6.90. The van der Waals surface area contributed by atoms with Crippen LogP contribution in [0.2, 0.25) is 5.02 Å². The monoisotopic (exact) mass is 317 g/mol. The lowest BCUT2D eigenvalue weighted by Crippen LogP contribution is -2.31. The maximum Gasteiger partial charge on any atom is 0.246 e. The topological polar surface area (TPSA) is 64.9 Å². The van der Waals surface area contributed by atoms with Crippen molar-refractivity contribution in [2.24, 2.45) is 0 Å². The van der Waals surface area contributed by atoms with Crippen LogP contribution in [0, 0.1) is 17.1 Å². The molecule has 0 heterocycles. The number of carbonyl (C=O) groups is 1. The lowest BCUT2D eigenvalue weighted by Gasteiger charge is -2.15. The van der Waals surface area contributed by atoms with Gasteiger partial charge in [0.05, 0.1) is 16.7 Å². The van der Waals surface area contributed by atoms with Gasteiger partial charge in [-0.2, -0.15) is 5.26 Å². The summed E-state index contributed by atoms with van der Waals surface area (Å²) in [4.78, 5) is 12.1. The molecule has 0 aliphatic carbocycles. The summed E-state index contributed by atoms with van der Waals surface area (Å²) in [6, 6.07) is 12.2. The third kappa shape index (κ3) is 3.96. The Hall–Kier alpha value is -2.58. The second kappa shape index (κ2) is 6.92. The number of hydrogen-bond donors (Lipinski definition) is 2. The summed E-state index contributed by atoms with van der Waals surface area (Å²) in [5.74, 6) is -0.771. The molecule has 0 saturated carbocycles. The Bertz CT molecular complexity index is 725. The molecule has 0 radical (unpaired) electrons. The molecule has 0 aromatic heterocycles. The molecule has 0 bridgehead atoms. The Morgan fingerprint density at radius 2 is 1.86 bits per heavy atom. The SMILES string of the molecule is C[C@@H](Nc1ccc(F)c(Cl)c1)C(=O)Nc1ccc(C#N)cc1. The second-order valence-electron chi connectivity index (χ2n) is 4.67. The molecule has 2 N–H and O–H groups in total. The van der Waals surface area contributed by atoms with E-state index in [9.17, 15) is 9.18 Å². The van der Waals surface area contributed by atoms with E-state index in [-0.39, 0.29) is 10.9 Å². The summed E-state index contributed by atoms with van der Waals surface area (Å²) in [5.41, 5.74) is 1.66. The Morgan fingerprint density at radius 3 is 2.45 bits per heavy atom. The molecule has 112 valence electrons. The Kier molecular flexibility index (Phi) is 4.97. The summed E-state index contributed by atoms with van der Waals surface area (Å²) in [7, 11) is 0. The van der Waals surface area contributed by atoms with Gasteiger partial charge in [-0.1, -0.05) is 11.6 Å². The summed E-state index contributed by atoms with van der Waals surface area (Å²) < 4.78 is 13.1. The molecule has 0 fully saturated rings. The fraction of sp³-hybridized carbons (Fsp3) is 0.125. The van der Waals surface area contributed by atoms with E-state index in [1.807, 2.05) is 6.07 Å². The zero-order valence-electron chi connectivity index (χ0n) is 11.7. The fourth-order valence-corrected chi connectivity index (χ4v) is 1.96. The van der Waals surface area contributed by atoms with Gasteiger partial charge in [0.25, 0.3) is 0 Å². The van der Waals surface area contributed by atoms with E-state index in [0.29, 0.717) is 16.9 Å². The molecular weight excluding hydrogens is 305 g/mol. The fourth-order valence-electron chi connectivity index (χ4n) is 1.78. The first-order valence-electron chi connectivity index (χ1n) is 6.52. The number of anilines is 2. The maximum absolute atomic E-state index is 13.1. The highest BCUT2D eigenvalue weighted by molar-refractivity contribution is 6.31. The highest BCUT2D eigenvalue weighted by Gasteiger charge is 2.13. The first-order chi connectivity index (χ1) is 10.5. The normalized spacial score (nSPS) is 11.4. The Morgan fingerprint density at radius 1 is 1.23 bits per heavy atom. The largest absolute Gasteiger partial charge is 0.374 e. The van der Waals surface area contributed by atoms with E-state index in [1.54, 1.807) is 31.2 Å². The van der Waals surface area contributed by atoms with Crippen molar-refractivity contribution in [1.82, 2.24) is 0 Å². The molecule has 4 nitrogen and oxygen atoms in total. The van der Waals surface area contributed by atoms with Gasteiger partial charge in [0, 0.05) is 11.4 Å². The van der Waals surface area contributed by atoms with Crippen molar-refractivity contribution in [2.75, 3.05) is 10.6 Å². The third-order valence-electron chi connectivity index (χ3n) is 2.98. The lowest BCUT2D eigenvalue weighted by molar-refractivity contribution is -0.116. The molecule has 0 aliphatic rings. The summed E-state index contributed by atoms with van der Waals surface area (Å²) >= 11 is 5.69. The molecular formula is C16H13ClFN3O. The average molecular weight is 318 g/mol. The number of nitrogens with one attached hydrogen (secondary N) is 2. The van der Waals surface area contributed by atoms with Gasteiger partial charge in [0.15, 0.2) is 0 Å². The van der Waals surface area contributed by atoms with E-state index in [2.05, 4.69) is 10.6 Å². The van der Waals surface area contributed by atoms with Crippen LogP contribution in [0.3, 0.4) is 0 Å². The molecule has 0 spiro atoms. The average Bonchev–Trinajstić information content (AvgIpc) is 2.51. The van der Waals surface area contributed by atoms with Gasteiger partial charge in [0.2, 0.25) is 5.91 Å². The molecule has 6 heteroatoms. The molecule has 1 amide bonds. The van der Waals surface area contributed by atoms with Gasteiger partial charge in [-0.3, -0.25) is 4.79 Å². The summed E-state index contributed by atoms with van der Waals surface area (Å²) in [6.07, 6.45) is 0. The molecule has 0 aliphatic heterocycles. The predicted octanol–water partition coefficient (Wildman–Crippen LogP) is 3.79. The smallest absolute Gasteiger partial charge is 0.246 e. The maximum atomic E-state index is 13.1. The lowest BCUT2D eigenvalue weighted by atomic mass is 10.2. The third-order valence-corrected chi connectivity index (χ3v) is 3.27. The minimum Gasteiger partial charge on any atom is -0.374 e. The van der Waals surface area contributed by atoms with Crippen molar-refractivity contribution in [3.05, 3.63) is 58.9 Å². The number of benzene rings is 2. The van der Waals surface area contributed by atoms with E-state index < -0.39 is 11.9 Å². The molecule has 0 unspecified atom stereocenters. The van der Waals surface area contributed by atoms with Crippen LogP contribution in [0.1, 0.15) is 12.5 Å². The van der Waals surface area contributed by atoms with Crippen LogP contribution < -0.4 is 10.6 Å². The van der Waals surface area contributed by atoms with Crippen LogP contribution in [0.25, 0.3) is 0 Å². The molecule has 2 rings (SSSR count). The Labute approximate surface area is 132 Å². The van der Waals surface area contributed by atoms with Crippen molar-refractivity contribution in [2.45, 2.75) is 13.0 Å². The van der Waals surface area contributed by atoms with Crippen LogP contribution in [0.4, 0.5) is 15.8 Å². The van der Waals surface area contributed by atoms with Crippen LogP contribution in [0.5, 0.6) is 0 Å². The molecule has 1 atom stereocenters. The van der Waals surface area contributed by atoms with Gasteiger partial charge in [0.1, 0.15) is 11.9 Å². The standard InChI is InChI=1S/C16H13ClFN3O/c1-10(20-13-6-7-15(18)14(17)8-13)16(22)21-12-4-2-11(9-19)3-5-12/h2-8,10,20H,1H3,(H,21,22)/t10-/m1/s1. The van der Waals surface area contributed by atoms with Crippen LogP contribution in [-0.2, 0) is 4.79 Å². The molecule has 2 aromatic carbocycles. The first kappa shape index (κ1) is 15.8. The zero-order chi connectivity index (χ0) is 16.1. The van der Waals surface area contributed by atoms with Gasteiger partial charge in [-0.25, -0.2) is 4.39 Å². The van der Waals surface area contributed by atoms with Crippen molar-refractivity contribution in [3.63, 3.8) is 0 Å². The zero-order valence-corrected chi connectivity index (χ0v) is 12.5. The van der Waals surface area contributed by atoms with Gasteiger partial charge in [-0.15, -0.1) is 0 Å². The summed E-state index contributed by atoms with van der Waals surface area (Å²) in [5, 5.41) is 14.4. The van der Waals surface area contributed by atoms with Crippen LogP contribution >= 0.6 is 11.6 Å². The molecule has 0 saturated heterocycles. The van der Waals surface area contributed by atoms with Crippen molar-refractivity contribution < 1.29 is 9.18 Å². The molecule has 2 aromatic rings.